The Kier molecular flexibility index (Phi) is 5.40. The maximum Gasteiger partial charge on any atom is 0.130 e. The number of pyridine rings is 1. The third-order valence-electron chi connectivity index (χ3n) is 3.04. The summed E-state index contributed by atoms with van der Waals surface area (Å²) in [7, 11) is 1.91. The summed E-state index contributed by atoms with van der Waals surface area (Å²) in [4.78, 5) is 4.29. The fourth-order valence-electron chi connectivity index (χ4n) is 1.79. The molecule has 0 fully saturated rings. The fourth-order valence-corrected chi connectivity index (χ4v) is 2.20. The zero-order chi connectivity index (χ0) is 14.5. The van der Waals surface area contributed by atoms with Crippen LogP contribution < -0.4 is 10.1 Å². The van der Waals surface area contributed by atoms with Crippen molar-refractivity contribution in [1.82, 2.24) is 10.3 Å². The van der Waals surface area contributed by atoms with Gasteiger partial charge in [-0.3, -0.25) is 4.98 Å². The lowest BCUT2D eigenvalue weighted by molar-refractivity contribution is 0.295. The highest BCUT2D eigenvalue weighted by atomic mass is 79.9. The standard InChI is InChI=1S/C15H16BrClN2O/c1-10(18-2)14-7-12(17)4-6-15(14)20-9-13-5-3-11(16)8-19-13/h3-8,10,18H,9H2,1-2H3. The van der Waals surface area contributed by atoms with Crippen LogP contribution in [0.4, 0.5) is 0 Å². The first-order valence-corrected chi connectivity index (χ1v) is 7.47. The minimum atomic E-state index is 0.168. The van der Waals surface area contributed by atoms with Gasteiger partial charge in [0.2, 0.25) is 0 Å². The van der Waals surface area contributed by atoms with Crippen molar-refractivity contribution >= 4 is 27.5 Å². The minimum absolute atomic E-state index is 0.168. The van der Waals surface area contributed by atoms with Crippen molar-refractivity contribution in [2.75, 3.05) is 7.05 Å². The highest BCUT2D eigenvalue weighted by molar-refractivity contribution is 9.10. The van der Waals surface area contributed by atoms with Gasteiger partial charge in [0.15, 0.2) is 0 Å². The van der Waals surface area contributed by atoms with Crippen LogP contribution in [-0.4, -0.2) is 12.0 Å². The van der Waals surface area contributed by atoms with Gasteiger partial charge in [-0.1, -0.05) is 11.6 Å². The van der Waals surface area contributed by atoms with Crippen molar-refractivity contribution in [2.45, 2.75) is 19.6 Å². The molecule has 0 bridgehead atoms. The third-order valence-corrected chi connectivity index (χ3v) is 3.74. The molecule has 0 aliphatic rings. The Labute approximate surface area is 132 Å². The summed E-state index contributed by atoms with van der Waals surface area (Å²) in [5.74, 6) is 0.820. The van der Waals surface area contributed by atoms with Gasteiger partial charge in [-0.2, -0.15) is 0 Å². The first-order valence-electron chi connectivity index (χ1n) is 6.30. The lowest BCUT2D eigenvalue weighted by Crippen LogP contribution is -2.14. The van der Waals surface area contributed by atoms with E-state index in [9.17, 15) is 0 Å². The van der Waals surface area contributed by atoms with Crippen LogP contribution in [0.5, 0.6) is 5.75 Å². The van der Waals surface area contributed by atoms with E-state index in [1.807, 2.05) is 37.4 Å². The summed E-state index contributed by atoms with van der Waals surface area (Å²) in [6.45, 7) is 2.49. The molecule has 0 saturated carbocycles. The molecule has 5 heteroatoms. The Morgan fingerprint density at radius 1 is 1.35 bits per heavy atom. The molecule has 0 aliphatic heterocycles. The Balaban J connectivity index is 2.14. The molecule has 1 heterocycles. The van der Waals surface area contributed by atoms with Gasteiger partial charge in [0.05, 0.1) is 5.69 Å². The van der Waals surface area contributed by atoms with E-state index in [-0.39, 0.29) is 6.04 Å². The van der Waals surface area contributed by atoms with Gasteiger partial charge in [0, 0.05) is 27.3 Å². The molecule has 106 valence electrons. The van der Waals surface area contributed by atoms with Crippen molar-refractivity contribution in [1.29, 1.82) is 0 Å². The highest BCUT2D eigenvalue weighted by Crippen LogP contribution is 2.28. The van der Waals surface area contributed by atoms with Gasteiger partial charge in [0.25, 0.3) is 0 Å². The maximum atomic E-state index is 6.05. The summed E-state index contributed by atoms with van der Waals surface area (Å²) in [5, 5.41) is 3.90. The van der Waals surface area contributed by atoms with Crippen LogP contribution in [-0.2, 0) is 6.61 Å². The van der Waals surface area contributed by atoms with Crippen LogP contribution in [0.1, 0.15) is 24.2 Å². The van der Waals surface area contributed by atoms with Gasteiger partial charge in [-0.25, -0.2) is 0 Å². The number of hydrogen-bond donors (Lipinski definition) is 1. The second-order valence-corrected chi connectivity index (χ2v) is 5.80. The first kappa shape index (κ1) is 15.3. The van der Waals surface area contributed by atoms with Gasteiger partial charge >= 0.3 is 0 Å². The van der Waals surface area contributed by atoms with Crippen molar-refractivity contribution in [3.63, 3.8) is 0 Å². The predicted octanol–water partition coefficient (Wildman–Crippen LogP) is 4.36. The normalized spacial score (nSPS) is 12.2. The molecule has 1 aromatic heterocycles. The fraction of sp³-hybridized carbons (Fsp3) is 0.267. The Bertz CT molecular complexity index is 575. The largest absolute Gasteiger partial charge is 0.487 e. The van der Waals surface area contributed by atoms with E-state index in [0.717, 1.165) is 21.5 Å². The number of nitrogens with one attached hydrogen (secondary N) is 1. The molecule has 0 saturated heterocycles. The summed E-state index contributed by atoms with van der Waals surface area (Å²) >= 11 is 9.41. The van der Waals surface area contributed by atoms with E-state index >= 15 is 0 Å². The summed E-state index contributed by atoms with van der Waals surface area (Å²) in [6.07, 6.45) is 1.76. The molecule has 0 amide bonds. The summed E-state index contributed by atoms with van der Waals surface area (Å²) in [6, 6.07) is 9.70. The zero-order valence-corrected chi connectivity index (χ0v) is 13.7. The molecular weight excluding hydrogens is 340 g/mol. The van der Waals surface area contributed by atoms with E-state index in [1.165, 1.54) is 0 Å². The molecule has 2 aromatic rings. The average molecular weight is 356 g/mol. The van der Waals surface area contributed by atoms with E-state index in [0.29, 0.717) is 11.6 Å². The van der Waals surface area contributed by atoms with Crippen LogP contribution >= 0.6 is 27.5 Å². The number of hydrogen-bond acceptors (Lipinski definition) is 3. The number of halogens is 2. The molecule has 3 nitrogen and oxygen atoms in total. The molecule has 1 atom stereocenters. The molecule has 1 N–H and O–H groups in total. The molecular formula is C15H16BrClN2O. The average Bonchev–Trinajstić information content (AvgIpc) is 2.46. The van der Waals surface area contributed by atoms with Crippen molar-refractivity contribution in [3.8, 4) is 5.75 Å². The third kappa shape index (κ3) is 3.95. The smallest absolute Gasteiger partial charge is 0.130 e. The molecule has 20 heavy (non-hydrogen) atoms. The van der Waals surface area contributed by atoms with E-state index in [4.69, 9.17) is 16.3 Å². The maximum absolute atomic E-state index is 6.05. The number of nitrogens with zero attached hydrogens (tertiary/aromatic N) is 1. The highest BCUT2D eigenvalue weighted by Gasteiger charge is 2.11. The molecule has 2 rings (SSSR count). The number of aromatic nitrogens is 1. The van der Waals surface area contributed by atoms with Gasteiger partial charge < -0.3 is 10.1 Å². The van der Waals surface area contributed by atoms with E-state index in [2.05, 4.69) is 33.2 Å². The summed E-state index contributed by atoms with van der Waals surface area (Å²) < 4.78 is 6.82. The molecule has 0 spiro atoms. The van der Waals surface area contributed by atoms with Gasteiger partial charge in [-0.15, -0.1) is 0 Å². The van der Waals surface area contributed by atoms with Gasteiger partial charge in [-0.05, 0) is 60.2 Å². The van der Waals surface area contributed by atoms with E-state index in [1.54, 1.807) is 6.20 Å². The quantitative estimate of drug-likeness (QED) is 0.865. The summed E-state index contributed by atoms with van der Waals surface area (Å²) in [5.41, 5.74) is 1.92. The Morgan fingerprint density at radius 3 is 2.80 bits per heavy atom. The van der Waals surface area contributed by atoms with Crippen molar-refractivity contribution < 1.29 is 4.74 Å². The Hall–Kier alpha value is -1.10. The zero-order valence-electron chi connectivity index (χ0n) is 11.4. The SMILES string of the molecule is CNC(C)c1cc(Cl)ccc1OCc1ccc(Br)cn1. The number of ether oxygens (including phenoxy) is 1. The second-order valence-electron chi connectivity index (χ2n) is 4.45. The molecule has 0 aliphatic carbocycles. The van der Waals surface area contributed by atoms with Crippen LogP contribution in [0.25, 0.3) is 0 Å². The van der Waals surface area contributed by atoms with Crippen molar-refractivity contribution in [2.24, 2.45) is 0 Å². The van der Waals surface area contributed by atoms with Crippen LogP contribution in [0.3, 0.4) is 0 Å². The van der Waals surface area contributed by atoms with Crippen LogP contribution in [0, 0.1) is 0 Å². The first-order chi connectivity index (χ1) is 9.60. The number of benzene rings is 1. The number of rotatable bonds is 5. The lowest BCUT2D eigenvalue weighted by Gasteiger charge is -2.16. The molecule has 0 radical (unpaired) electrons. The Morgan fingerprint density at radius 2 is 2.15 bits per heavy atom. The topological polar surface area (TPSA) is 34.1 Å². The second kappa shape index (κ2) is 7.07. The monoisotopic (exact) mass is 354 g/mol. The predicted molar refractivity (Wildman–Crippen MR) is 85.2 cm³/mol. The van der Waals surface area contributed by atoms with Crippen molar-refractivity contribution in [3.05, 3.63) is 57.3 Å². The van der Waals surface area contributed by atoms with E-state index < -0.39 is 0 Å². The van der Waals surface area contributed by atoms with Gasteiger partial charge in [0.1, 0.15) is 12.4 Å². The molecule has 1 unspecified atom stereocenters. The molecule has 1 aromatic carbocycles. The lowest BCUT2D eigenvalue weighted by atomic mass is 10.1. The van der Waals surface area contributed by atoms with Crippen LogP contribution in [0.2, 0.25) is 5.02 Å². The minimum Gasteiger partial charge on any atom is -0.487 e. The van der Waals surface area contributed by atoms with Crippen LogP contribution in [0.15, 0.2) is 41.0 Å².